The molecular weight excluding hydrogens is 268 g/mol. The summed E-state index contributed by atoms with van der Waals surface area (Å²) in [4.78, 5) is 24.0. The van der Waals surface area contributed by atoms with Gasteiger partial charge in [0.2, 0.25) is 5.91 Å². The van der Waals surface area contributed by atoms with Crippen LogP contribution in [0.5, 0.6) is 0 Å². The van der Waals surface area contributed by atoms with E-state index in [0.29, 0.717) is 6.54 Å². The van der Waals surface area contributed by atoms with Gasteiger partial charge in [0.05, 0.1) is 5.54 Å². The minimum absolute atomic E-state index is 0.121. The van der Waals surface area contributed by atoms with Crippen LogP contribution in [0.1, 0.15) is 66.7 Å². The summed E-state index contributed by atoms with van der Waals surface area (Å²) < 4.78 is 5.24. The molecule has 0 aliphatic heterocycles. The zero-order valence-corrected chi connectivity index (χ0v) is 14.0. The van der Waals surface area contributed by atoms with Gasteiger partial charge >= 0.3 is 6.09 Å². The summed E-state index contributed by atoms with van der Waals surface area (Å²) in [5, 5.41) is 5.93. The highest BCUT2D eigenvalue weighted by Gasteiger charge is 2.34. The van der Waals surface area contributed by atoms with Gasteiger partial charge in [-0.3, -0.25) is 4.79 Å². The van der Waals surface area contributed by atoms with Gasteiger partial charge in [0.25, 0.3) is 0 Å². The fraction of sp³-hybridized carbons (Fsp3) is 0.875. The first-order valence-electron chi connectivity index (χ1n) is 8.00. The first-order chi connectivity index (χ1) is 9.71. The number of carbonyl (C=O) groups is 2. The van der Waals surface area contributed by atoms with Crippen LogP contribution < -0.4 is 10.6 Å². The minimum Gasteiger partial charge on any atom is -0.444 e. The molecule has 1 saturated carbocycles. The van der Waals surface area contributed by atoms with E-state index in [1.54, 1.807) is 0 Å². The number of rotatable bonds is 6. The fourth-order valence-electron chi connectivity index (χ4n) is 2.31. The lowest BCUT2D eigenvalue weighted by Crippen LogP contribution is -2.57. The number of nitrogens with one attached hydrogen (secondary N) is 2. The highest BCUT2D eigenvalue weighted by atomic mass is 16.6. The summed E-state index contributed by atoms with van der Waals surface area (Å²) in [5.41, 5.74) is -0.899. The molecule has 2 amide bonds. The Labute approximate surface area is 128 Å². The van der Waals surface area contributed by atoms with Gasteiger partial charge in [-0.25, -0.2) is 4.79 Å². The molecule has 0 atom stereocenters. The maximum Gasteiger partial charge on any atom is 0.407 e. The molecule has 5 nitrogen and oxygen atoms in total. The molecule has 0 heterocycles. The Morgan fingerprint density at radius 2 is 1.71 bits per heavy atom. The van der Waals surface area contributed by atoms with Gasteiger partial charge in [0, 0.05) is 12.5 Å². The van der Waals surface area contributed by atoms with Crippen LogP contribution in [0.25, 0.3) is 0 Å². The highest BCUT2D eigenvalue weighted by Crippen LogP contribution is 2.27. The van der Waals surface area contributed by atoms with Crippen molar-refractivity contribution in [3.8, 4) is 0 Å². The first kappa shape index (κ1) is 17.8. The van der Waals surface area contributed by atoms with Crippen molar-refractivity contribution in [2.24, 2.45) is 5.92 Å². The second kappa shape index (κ2) is 7.14. The van der Waals surface area contributed by atoms with Crippen molar-refractivity contribution >= 4 is 12.0 Å². The van der Waals surface area contributed by atoms with E-state index in [2.05, 4.69) is 10.6 Å². The molecule has 0 spiro atoms. The normalized spacial score (nSPS) is 16.0. The smallest absolute Gasteiger partial charge is 0.407 e. The molecule has 0 unspecified atom stereocenters. The second-order valence-corrected chi connectivity index (χ2v) is 6.96. The zero-order chi connectivity index (χ0) is 16.1. The Balaban J connectivity index is 2.54. The average Bonchev–Trinajstić information content (AvgIpc) is 2.30. The number of alkyl carbamates (subject to hydrolysis) is 1. The van der Waals surface area contributed by atoms with Gasteiger partial charge in [-0.1, -0.05) is 20.3 Å². The standard InChI is InChI=1S/C16H30N2O3/c1-6-16(7-2,18-13(19)12-9-8-10-12)11-17-14(20)21-15(3,4)5/h12H,6-11H2,1-5H3,(H,17,20)(H,18,19). The summed E-state index contributed by atoms with van der Waals surface area (Å²) in [5.74, 6) is 0.278. The van der Waals surface area contributed by atoms with E-state index in [-0.39, 0.29) is 17.4 Å². The highest BCUT2D eigenvalue weighted by molar-refractivity contribution is 5.80. The van der Waals surface area contributed by atoms with Crippen molar-refractivity contribution in [1.29, 1.82) is 0 Å². The van der Waals surface area contributed by atoms with E-state index in [0.717, 1.165) is 32.1 Å². The average molecular weight is 298 g/mol. The van der Waals surface area contributed by atoms with Gasteiger partial charge in [-0.15, -0.1) is 0 Å². The fourth-order valence-corrected chi connectivity index (χ4v) is 2.31. The number of hydrogen-bond acceptors (Lipinski definition) is 3. The van der Waals surface area contributed by atoms with Crippen LogP contribution in [-0.2, 0) is 9.53 Å². The maximum atomic E-state index is 12.2. The number of amides is 2. The predicted octanol–water partition coefficient (Wildman–Crippen LogP) is 2.99. The first-order valence-corrected chi connectivity index (χ1v) is 8.00. The molecule has 1 fully saturated rings. The zero-order valence-electron chi connectivity index (χ0n) is 14.0. The monoisotopic (exact) mass is 298 g/mol. The summed E-state index contributed by atoms with van der Waals surface area (Å²) in [6, 6.07) is 0. The summed E-state index contributed by atoms with van der Waals surface area (Å²) in [7, 11) is 0. The Hall–Kier alpha value is -1.26. The van der Waals surface area contributed by atoms with Gasteiger partial charge in [0.15, 0.2) is 0 Å². The lowest BCUT2D eigenvalue weighted by atomic mass is 9.83. The third-order valence-corrected chi connectivity index (χ3v) is 4.19. The van der Waals surface area contributed by atoms with Crippen molar-refractivity contribution in [1.82, 2.24) is 10.6 Å². The van der Waals surface area contributed by atoms with Crippen LogP contribution in [0.3, 0.4) is 0 Å². The van der Waals surface area contributed by atoms with E-state index < -0.39 is 11.7 Å². The molecule has 0 aromatic heterocycles. The van der Waals surface area contributed by atoms with Crippen molar-refractivity contribution in [3.63, 3.8) is 0 Å². The molecular formula is C16H30N2O3. The van der Waals surface area contributed by atoms with E-state index in [1.165, 1.54) is 0 Å². The Morgan fingerprint density at radius 1 is 1.14 bits per heavy atom. The van der Waals surface area contributed by atoms with Crippen molar-refractivity contribution < 1.29 is 14.3 Å². The summed E-state index contributed by atoms with van der Waals surface area (Å²) in [6.07, 6.45) is 4.21. The van der Waals surface area contributed by atoms with Crippen molar-refractivity contribution in [2.45, 2.75) is 77.9 Å². The second-order valence-electron chi connectivity index (χ2n) is 6.96. The van der Waals surface area contributed by atoms with Crippen LogP contribution in [-0.4, -0.2) is 29.7 Å². The van der Waals surface area contributed by atoms with Crippen molar-refractivity contribution in [2.75, 3.05) is 6.54 Å². The molecule has 1 rings (SSSR count). The maximum absolute atomic E-state index is 12.2. The van der Waals surface area contributed by atoms with E-state index in [9.17, 15) is 9.59 Å². The Kier molecular flexibility index (Phi) is 6.05. The SMILES string of the molecule is CCC(CC)(CNC(=O)OC(C)(C)C)NC(=O)C1CCC1. The topological polar surface area (TPSA) is 67.4 Å². The molecule has 21 heavy (non-hydrogen) atoms. The van der Waals surface area contributed by atoms with E-state index >= 15 is 0 Å². The van der Waals surface area contributed by atoms with Crippen molar-refractivity contribution in [3.05, 3.63) is 0 Å². The number of ether oxygens (including phenoxy) is 1. The number of hydrogen-bond donors (Lipinski definition) is 2. The molecule has 0 bridgehead atoms. The van der Waals surface area contributed by atoms with Gasteiger partial charge < -0.3 is 15.4 Å². The molecule has 5 heteroatoms. The third kappa shape index (κ3) is 5.56. The molecule has 122 valence electrons. The van der Waals surface area contributed by atoms with Crippen LogP contribution >= 0.6 is 0 Å². The lowest BCUT2D eigenvalue weighted by molar-refractivity contribution is -0.129. The molecule has 0 aromatic rings. The third-order valence-electron chi connectivity index (χ3n) is 4.19. The number of carbonyl (C=O) groups excluding carboxylic acids is 2. The van der Waals surface area contributed by atoms with Crippen LogP contribution in [0.2, 0.25) is 0 Å². The van der Waals surface area contributed by atoms with E-state index in [4.69, 9.17) is 4.74 Å². The van der Waals surface area contributed by atoms with Crippen LogP contribution in [0.4, 0.5) is 4.79 Å². The Morgan fingerprint density at radius 3 is 2.10 bits per heavy atom. The minimum atomic E-state index is -0.514. The Bertz CT molecular complexity index is 366. The van der Waals surface area contributed by atoms with Gasteiger partial charge in [0.1, 0.15) is 5.60 Å². The van der Waals surface area contributed by atoms with Gasteiger partial charge in [-0.05, 0) is 46.5 Å². The van der Waals surface area contributed by atoms with Crippen LogP contribution in [0, 0.1) is 5.92 Å². The van der Waals surface area contributed by atoms with Gasteiger partial charge in [-0.2, -0.15) is 0 Å². The summed E-state index contributed by atoms with van der Waals surface area (Å²) >= 11 is 0. The molecule has 0 saturated heterocycles. The largest absolute Gasteiger partial charge is 0.444 e. The molecule has 2 N–H and O–H groups in total. The quantitative estimate of drug-likeness (QED) is 0.792. The molecule has 0 aromatic carbocycles. The molecule has 0 radical (unpaired) electrons. The predicted molar refractivity (Wildman–Crippen MR) is 83.0 cm³/mol. The summed E-state index contributed by atoms with van der Waals surface area (Å²) in [6.45, 7) is 9.95. The molecule has 1 aliphatic rings. The lowest BCUT2D eigenvalue weighted by Gasteiger charge is -2.36. The van der Waals surface area contributed by atoms with E-state index in [1.807, 2.05) is 34.6 Å². The van der Waals surface area contributed by atoms with Crippen LogP contribution in [0.15, 0.2) is 0 Å². The molecule has 1 aliphatic carbocycles.